The molecule has 7 rings (SSSR count). The Morgan fingerprint density at radius 1 is 0.500 bits per heavy atom. The number of benzene rings is 6. The molecule has 6 aromatic carbocycles. The van der Waals surface area contributed by atoms with Gasteiger partial charge in [0.15, 0.2) is 21.7 Å². The number of hydrogen-bond donors (Lipinski definition) is 2. The fraction of sp³-hybridized carbons (Fsp3) is 0.0667. The van der Waals surface area contributed by atoms with Crippen molar-refractivity contribution in [2.75, 3.05) is 14.2 Å². The van der Waals surface area contributed by atoms with Gasteiger partial charge in [-0.2, -0.15) is 0 Å². The first-order valence-corrected chi connectivity index (χ1v) is 11.9. The van der Waals surface area contributed by atoms with Crippen LogP contribution in [0.2, 0.25) is 0 Å². The van der Waals surface area contributed by atoms with Crippen molar-refractivity contribution in [1.82, 2.24) is 9.97 Å². The average Bonchev–Trinajstić information content (AvgIpc) is 2.95. The SMILES string of the molecule is COc1cc2[nH]c3c(cc(OC)c4c(=O)c5ccccc5c(=O)c43)[nH]c2c2c(=O)c3ccccc3c(=O)c12. The monoisotopic (exact) mass is 502 g/mol. The van der Waals surface area contributed by atoms with Crippen molar-refractivity contribution in [2.45, 2.75) is 0 Å². The second-order valence-electron chi connectivity index (χ2n) is 9.16. The zero-order valence-corrected chi connectivity index (χ0v) is 20.2. The molecule has 1 heterocycles. The normalized spacial score (nSPS) is 11.8. The van der Waals surface area contributed by atoms with Gasteiger partial charge in [-0.1, -0.05) is 48.5 Å². The van der Waals surface area contributed by atoms with Crippen LogP contribution in [0, 0.1) is 0 Å². The van der Waals surface area contributed by atoms with Crippen molar-refractivity contribution in [3.8, 4) is 11.5 Å². The molecule has 0 fully saturated rings. The Morgan fingerprint density at radius 2 is 0.816 bits per heavy atom. The number of nitrogens with one attached hydrogen (secondary N) is 2. The first-order valence-electron chi connectivity index (χ1n) is 11.9. The molecule has 0 aliphatic heterocycles. The van der Waals surface area contributed by atoms with E-state index in [9.17, 15) is 19.2 Å². The van der Waals surface area contributed by atoms with Crippen LogP contribution in [0.4, 0.5) is 0 Å². The predicted molar refractivity (Wildman–Crippen MR) is 150 cm³/mol. The molecule has 0 saturated heterocycles. The van der Waals surface area contributed by atoms with Crippen LogP contribution in [0.5, 0.6) is 11.5 Å². The summed E-state index contributed by atoms with van der Waals surface area (Å²) in [6.07, 6.45) is 0. The van der Waals surface area contributed by atoms with Gasteiger partial charge in [-0.05, 0) is 0 Å². The lowest BCUT2D eigenvalue weighted by molar-refractivity contribution is 0.420. The zero-order valence-electron chi connectivity index (χ0n) is 20.2. The molecule has 7 aromatic rings. The summed E-state index contributed by atoms with van der Waals surface area (Å²) >= 11 is 0. The summed E-state index contributed by atoms with van der Waals surface area (Å²) in [7, 11) is 2.85. The summed E-state index contributed by atoms with van der Waals surface area (Å²) in [5, 5.41) is 1.89. The number of aromatic nitrogens is 2. The van der Waals surface area contributed by atoms with Crippen molar-refractivity contribution in [3.63, 3.8) is 0 Å². The Balaban J connectivity index is 1.78. The fourth-order valence-corrected chi connectivity index (χ4v) is 5.57. The van der Waals surface area contributed by atoms with Gasteiger partial charge < -0.3 is 19.4 Å². The van der Waals surface area contributed by atoms with Gasteiger partial charge in [0.1, 0.15) is 11.5 Å². The highest BCUT2D eigenvalue weighted by Crippen LogP contribution is 2.34. The van der Waals surface area contributed by atoms with Crippen molar-refractivity contribution >= 4 is 65.2 Å². The molecule has 8 heteroatoms. The van der Waals surface area contributed by atoms with Crippen molar-refractivity contribution < 1.29 is 9.47 Å². The molecule has 2 N–H and O–H groups in total. The Labute approximate surface area is 212 Å². The van der Waals surface area contributed by atoms with E-state index in [1.807, 2.05) is 0 Å². The van der Waals surface area contributed by atoms with Gasteiger partial charge in [-0.3, -0.25) is 19.2 Å². The van der Waals surface area contributed by atoms with Crippen LogP contribution in [0.1, 0.15) is 0 Å². The van der Waals surface area contributed by atoms with Crippen LogP contribution >= 0.6 is 0 Å². The topological polar surface area (TPSA) is 118 Å². The van der Waals surface area contributed by atoms with Gasteiger partial charge in [0.25, 0.3) is 0 Å². The molecule has 0 bridgehead atoms. The number of ether oxygens (including phenoxy) is 2. The van der Waals surface area contributed by atoms with Crippen molar-refractivity contribution in [3.05, 3.63) is 102 Å². The van der Waals surface area contributed by atoms with Gasteiger partial charge in [0, 0.05) is 33.7 Å². The highest BCUT2D eigenvalue weighted by atomic mass is 16.5. The Bertz CT molecular complexity index is 2240. The summed E-state index contributed by atoms with van der Waals surface area (Å²) in [5.74, 6) is 0.443. The number of H-pyrrole nitrogens is 2. The van der Waals surface area contributed by atoms with Crippen LogP contribution in [0.3, 0.4) is 0 Å². The van der Waals surface area contributed by atoms with Gasteiger partial charge in [0.05, 0.1) is 57.8 Å². The summed E-state index contributed by atoms with van der Waals surface area (Å²) in [4.78, 5) is 60.8. The number of hydrogen-bond acceptors (Lipinski definition) is 6. The third-order valence-corrected chi connectivity index (χ3v) is 7.28. The molecule has 38 heavy (non-hydrogen) atoms. The molecule has 8 nitrogen and oxygen atoms in total. The molecule has 0 atom stereocenters. The molecule has 1 aromatic heterocycles. The smallest absolute Gasteiger partial charge is 0.198 e. The first kappa shape index (κ1) is 22.0. The third kappa shape index (κ3) is 2.68. The second kappa shape index (κ2) is 7.63. The molecule has 0 radical (unpaired) electrons. The molecule has 184 valence electrons. The number of fused-ring (bicyclic) bond motifs is 8. The summed E-state index contributed by atoms with van der Waals surface area (Å²) in [6, 6.07) is 16.5. The van der Waals surface area contributed by atoms with E-state index < -0.39 is 0 Å². The Hall–Kier alpha value is -5.24. The number of methoxy groups -OCH3 is 2. The van der Waals surface area contributed by atoms with Gasteiger partial charge in [0.2, 0.25) is 0 Å². The van der Waals surface area contributed by atoms with Crippen molar-refractivity contribution in [2.24, 2.45) is 0 Å². The maximum atomic E-state index is 13.7. The molecule has 0 saturated carbocycles. The van der Waals surface area contributed by atoms with E-state index in [4.69, 9.17) is 9.47 Å². The van der Waals surface area contributed by atoms with E-state index in [-0.39, 0.29) is 54.8 Å². The minimum Gasteiger partial charge on any atom is -0.496 e. The van der Waals surface area contributed by atoms with Gasteiger partial charge >= 0.3 is 0 Å². The average molecular weight is 502 g/mol. The third-order valence-electron chi connectivity index (χ3n) is 7.28. The highest BCUT2D eigenvalue weighted by Gasteiger charge is 2.22. The summed E-state index contributed by atoms with van der Waals surface area (Å²) in [5.41, 5.74) is 0.323. The van der Waals surface area contributed by atoms with Crippen LogP contribution in [0.25, 0.3) is 65.2 Å². The lowest BCUT2D eigenvalue weighted by Gasteiger charge is -2.14. The minimum absolute atomic E-state index is 0.165. The quantitative estimate of drug-likeness (QED) is 0.271. The number of aromatic amines is 2. The zero-order chi connectivity index (χ0) is 26.3. The maximum absolute atomic E-state index is 13.7. The maximum Gasteiger partial charge on any atom is 0.198 e. The molecular weight excluding hydrogens is 484 g/mol. The summed E-state index contributed by atoms with van der Waals surface area (Å²) < 4.78 is 11.1. The first-order chi connectivity index (χ1) is 18.4. The molecule has 0 amide bonds. The molecule has 0 unspecified atom stereocenters. The van der Waals surface area contributed by atoms with E-state index in [1.165, 1.54) is 14.2 Å². The molecule has 0 spiro atoms. The lowest BCUT2D eigenvalue weighted by atomic mass is 9.98. The standard InChI is InChI=1S/C30H18N2O6/c1-37-19-11-17-25(23-21(19)27(33)13-7-3-5-9-15(13)29(23)35)32-18-12-20(38-2)22-24(26(18)31-17)30(36)16-10-6-4-8-14(16)28(22)34/h3-12,31-32H,1-2H3. The van der Waals surface area contributed by atoms with Crippen LogP contribution in [0.15, 0.2) is 79.8 Å². The molecule has 0 aliphatic carbocycles. The van der Waals surface area contributed by atoms with Crippen LogP contribution in [-0.4, -0.2) is 24.2 Å². The Kier molecular flexibility index (Phi) is 4.42. The second-order valence-corrected chi connectivity index (χ2v) is 9.16. The highest BCUT2D eigenvalue weighted by molar-refractivity contribution is 6.17. The van der Waals surface area contributed by atoms with E-state index in [0.717, 1.165) is 0 Å². The molecule has 0 aliphatic rings. The minimum atomic E-state index is -0.326. The van der Waals surface area contributed by atoms with E-state index in [2.05, 4.69) is 9.97 Å². The fourth-order valence-electron chi connectivity index (χ4n) is 5.57. The van der Waals surface area contributed by atoms with Crippen LogP contribution in [-0.2, 0) is 0 Å². The van der Waals surface area contributed by atoms with Gasteiger partial charge in [-0.15, -0.1) is 0 Å². The lowest BCUT2D eigenvalue weighted by Crippen LogP contribution is -2.16. The van der Waals surface area contributed by atoms with Gasteiger partial charge in [-0.25, -0.2) is 0 Å². The van der Waals surface area contributed by atoms with E-state index in [0.29, 0.717) is 43.6 Å². The molecular formula is C30H18N2O6. The Morgan fingerprint density at radius 3 is 1.13 bits per heavy atom. The largest absolute Gasteiger partial charge is 0.496 e. The summed E-state index contributed by atoms with van der Waals surface area (Å²) in [6.45, 7) is 0. The van der Waals surface area contributed by atoms with E-state index >= 15 is 0 Å². The predicted octanol–water partition coefficient (Wildman–Crippen LogP) is 4.16. The van der Waals surface area contributed by atoms with Crippen LogP contribution < -0.4 is 31.2 Å². The number of rotatable bonds is 2. The van der Waals surface area contributed by atoms with E-state index in [1.54, 1.807) is 60.7 Å². The van der Waals surface area contributed by atoms with Crippen molar-refractivity contribution in [1.29, 1.82) is 0 Å².